The predicted octanol–water partition coefficient (Wildman–Crippen LogP) is 1.70. The molecule has 1 aliphatic heterocycles. The highest BCUT2D eigenvalue weighted by molar-refractivity contribution is 5.11. The molecule has 2 aromatic rings. The number of aryl methyl sites for hydroxylation is 3. The average molecular weight is 287 g/mol. The van der Waals surface area contributed by atoms with Gasteiger partial charge in [-0.15, -0.1) is 0 Å². The van der Waals surface area contributed by atoms with Gasteiger partial charge < -0.3 is 9.72 Å². The Balaban J connectivity index is 1.72. The summed E-state index contributed by atoms with van der Waals surface area (Å²) in [7, 11) is 0. The van der Waals surface area contributed by atoms with Gasteiger partial charge in [0, 0.05) is 36.7 Å². The SMILES string of the molecule is Cc1cc(C)nc(C2CN(Cc3nc[nH]c3C)CCO2)n1. The molecule has 1 saturated heterocycles. The van der Waals surface area contributed by atoms with Crippen LogP contribution in [0.15, 0.2) is 12.4 Å². The Kier molecular flexibility index (Phi) is 3.98. The molecule has 0 spiro atoms. The summed E-state index contributed by atoms with van der Waals surface area (Å²) in [6.07, 6.45) is 1.69. The van der Waals surface area contributed by atoms with Crippen LogP contribution in [-0.2, 0) is 11.3 Å². The number of morpholine rings is 1. The Hall–Kier alpha value is -1.79. The summed E-state index contributed by atoms with van der Waals surface area (Å²) in [4.78, 5) is 18.9. The van der Waals surface area contributed by atoms with Crippen LogP contribution in [0.3, 0.4) is 0 Å². The van der Waals surface area contributed by atoms with Crippen LogP contribution in [0.1, 0.15) is 34.7 Å². The van der Waals surface area contributed by atoms with Gasteiger partial charge in [-0.3, -0.25) is 4.90 Å². The quantitative estimate of drug-likeness (QED) is 0.930. The number of hydrogen-bond acceptors (Lipinski definition) is 5. The first kappa shape index (κ1) is 14.2. The molecule has 1 aliphatic rings. The van der Waals surface area contributed by atoms with Gasteiger partial charge in [0.1, 0.15) is 6.10 Å². The normalized spacial score (nSPS) is 19.9. The molecular weight excluding hydrogens is 266 g/mol. The van der Waals surface area contributed by atoms with Crippen LogP contribution in [0.25, 0.3) is 0 Å². The lowest BCUT2D eigenvalue weighted by molar-refractivity contribution is -0.0377. The molecule has 1 unspecified atom stereocenters. The Bertz CT molecular complexity index is 604. The third-order valence-corrected chi connectivity index (χ3v) is 3.75. The summed E-state index contributed by atoms with van der Waals surface area (Å²) in [5, 5.41) is 0. The summed E-state index contributed by atoms with van der Waals surface area (Å²) >= 11 is 0. The summed E-state index contributed by atoms with van der Waals surface area (Å²) in [5.74, 6) is 0.788. The van der Waals surface area contributed by atoms with Crippen molar-refractivity contribution in [1.82, 2.24) is 24.8 Å². The van der Waals surface area contributed by atoms with Crippen LogP contribution in [-0.4, -0.2) is 44.5 Å². The van der Waals surface area contributed by atoms with E-state index in [4.69, 9.17) is 4.74 Å². The maximum absolute atomic E-state index is 5.86. The number of rotatable bonds is 3. The highest BCUT2D eigenvalue weighted by Crippen LogP contribution is 2.21. The second-order valence-electron chi connectivity index (χ2n) is 5.58. The van der Waals surface area contributed by atoms with Crippen molar-refractivity contribution in [2.45, 2.75) is 33.4 Å². The fraction of sp³-hybridized carbons (Fsp3) is 0.533. The van der Waals surface area contributed by atoms with E-state index in [1.807, 2.05) is 26.8 Å². The van der Waals surface area contributed by atoms with E-state index in [1.165, 1.54) is 0 Å². The molecule has 1 atom stereocenters. The van der Waals surface area contributed by atoms with Crippen LogP contribution in [0.5, 0.6) is 0 Å². The number of ether oxygens (including phenoxy) is 1. The Morgan fingerprint density at radius 3 is 2.71 bits per heavy atom. The summed E-state index contributed by atoms with van der Waals surface area (Å²) in [5.41, 5.74) is 4.19. The van der Waals surface area contributed by atoms with E-state index in [-0.39, 0.29) is 6.10 Å². The number of aromatic amines is 1. The third-order valence-electron chi connectivity index (χ3n) is 3.75. The Morgan fingerprint density at radius 1 is 1.29 bits per heavy atom. The first-order chi connectivity index (χ1) is 10.1. The maximum Gasteiger partial charge on any atom is 0.158 e. The van der Waals surface area contributed by atoms with Crippen molar-refractivity contribution in [3.63, 3.8) is 0 Å². The Labute approximate surface area is 124 Å². The molecule has 1 fully saturated rings. The van der Waals surface area contributed by atoms with Crippen LogP contribution in [0.2, 0.25) is 0 Å². The van der Waals surface area contributed by atoms with Gasteiger partial charge in [-0.25, -0.2) is 15.0 Å². The fourth-order valence-electron chi connectivity index (χ4n) is 2.66. The molecule has 0 bridgehead atoms. The van der Waals surface area contributed by atoms with Crippen LogP contribution in [0, 0.1) is 20.8 Å². The maximum atomic E-state index is 5.86. The first-order valence-electron chi connectivity index (χ1n) is 7.27. The fourth-order valence-corrected chi connectivity index (χ4v) is 2.66. The molecule has 6 heteroatoms. The summed E-state index contributed by atoms with van der Waals surface area (Å²) in [6.45, 7) is 9.28. The van der Waals surface area contributed by atoms with E-state index in [2.05, 4.69) is 24.8 Å². The van der Waals surface area contributed by atoms with Crippen LogP contribution in [0.4, 0.5) is 0 Å². The Morgan fingerprint density at radius 2 is 2.05 bits per heavy atom. The molecule has 3 heterocycles. The van der Waals surface area contributed by atoms with Crippen LogP contribution < -0.4 is 0 Å². The number of aromatic nitrogens is 4. The van der Waals surface area contributed by atoms with Gasteiger partial charge in [0.25, 0.3) is 0 Å². The smallest absolute Gasteiger partial charge is 0.158 e. The molecule has 0 radical (unpaired) electrons. The lowest BCUT2D eigenvalue weighted by atomic mass is 10.2. The minimum atomic E-state index is -0.0587. The van der Waals surface area contributed by atoms with Crippen molar-refractivity contribution in [2.24, 2.45) is 0 Å². The van der Waals surface area contributed by atoms with Gasteiger partial charge in [-0.05, 0) is 26.8 Å². The lowest BCUT2D eigenvalue weighted by Gasteiger charge is -2.31. The number of H-pyrrole nitrogens is 1. The monoisotopic (exact) mass is 287 g/mol. The van der Waals surface area contributed by atoms with E-state index in [1.54, 1.807) is 6.33 Å². The number of imidazole rings is 1. The van der Waals surface area contributed by atoms with Crippen molar-refractivity contribution < 1.29 is 4.74 Å². The van der Waals surface area contributed by atoms with E-state index in [0.717, 1.165) is 48.2 Å². The van der Waals surface area contributed by atoms with Crippen molar-refractivity contribution in [1.29, 1.82) is 0 Å². The highest BCUT2D eigenvalue weighted by atomic mass is 16.5. The topological polar surface area (TPSA) is 66.9 Å². The van der Waals surface area contributed by atoms with Gasteiger partial charge in [-0.1, -0.05) is 0 Å². The minimum Gasteiger partial charge on any atom is -0.368 e. The van der Waals surface area contributed by atoms with Crippen molar-refractivity contribution in [2.75, 3.05) is 19.7 Å². The number of nitrogens with zero attached hydrogens (tertiary/aromatic N) is 4. The van der Waals surface area contributed by atoms with Crippen LogP contribution >= 0.6 is 0 Å². The van der Waals surface area contributed by atoms with Gasteiger partial charge in [0.2, 0.25) is 0 Å². The van der Waals surface area contributed by atoms with Crippen molar-refractivity contribution in [3.8, 4) is 0 Å². The zero-order chi connectivity index (χ0) is 14.8. The van der Waals surface area contributed by atoms with Crippen molar-refractivity contribution in [3.05, 3.63) is 41.0 Å². The predicted molar refractivity (Wildman–Crippen MR) is 78.8 cm³/mol. The standard InChI is InChI=1S/C15H21N5O/c1-10-6-11(2)19-15(18-10)14-8-20(4-5-21-14)7-13-12(3)16-9-17-13/h6,9,14H,4-5,7-8H2,1-3H3,(H,16,17). The summed E-state index contributed by atoms with van der Waals surface area (Å²) in [6, 6.07) is 1.98. The second-order valence-corrected chi connectivity index (χ2v) is 5.58. The highest BCUT2D eigenvalue weighted by Gasteiger charge is 2.25. The number of hydrogen-bond donors (Lipinski definition) is 1. The van der Waals surface area contributed by atoms with E-state index in [0.29, 0.717) is 6.61 Å². The van der Waals surface area contributed by atoms with E-state index < -0.39 is 0 Å². The first-order valence-corrected chi connectivity index (χ1v) is 7.27. The molecule has 0 aliphatic carbocycles. The molecule has 1 N–H and O–H groups in total. The molecule has 112 valence electrons. The van der Waals surface area contributed by atoms with Crippen molar-refractivity contribution >= 4 is 0 Å². The lowest BCUT2D eigenvalue weighted by Crippen LogP contribution is -2.38. The number of nitrogens with one attached hydrogen (secondary N) is 1. The minimum absolute atomic E-state index is 0.0587. The molecule has 0 aromatic carbocycles. The van der Waals surface area contributed by atoms with E-state index >= 15 is 0 Å². The van der Waals surface area contributed by atoms with Gasteiger partial charge in [0.15, 0.2) is 5.82 Å². The zero-order valence-electron chi connectivity index (χ0n) is 12.8. The zero-order valence-corrected chi connectivity index (χ0v) is 12.8. The molecule has 0 saturated carbocycles. The second kappa shape index (κ2) is 5.91. The molecule has 2 aromatic heterocycles. The molecule has 0 amide bonds. The molecule has 21 heavy (non-hydrogen) atoms. The van der Waals surface area contributed by atoms with E-state index in [9.17, 15) is 0 Å². The molecule has 3 rings (SSSR count). The molecular formula is C15H21N5O. The largest absolute Gasteiger partial charge is 0.368 e. The van der Waals surface area contributed by atoms with Gasteiger partial charge in [-0.2, -0.15) is 0 Å². The summed E-state index contributed by atoms with van der Waals surface area (Å²) < 4.78 is 5.86. The third kappa shape index (κ3) is 3.28. The van der Waals surface area contributed by atoms with Gasteiger partial charge in [0.05, 0.1) is 18.6 Å². The molecule has 6 nitrogen and oxygen atoms in total. The van der Waals surface area contributed by atoms with Gasteiger partial charge >= 0.3 is 0 Å². The average Bonchev–Trinajstić information content (AvgIpc) is 2.84.